The second-order valence-corrected chi connectivity index (χ2v) is 32.2. The molecule has 2 aromatic carbocycles. The summed E-state index contributed by atoms with van der Waals surface area (Å²) in [6.07, 6.45) is 6.21. The van der Waals surface area contributed by atoms with Gasteiger partial charge in [0.2, 0.25) is 29.5 Å². The number of nitrogens with one attached hydrogen (secondary N) is 7. The number of benzene rings is 2. The Morgan fingerprint density at radius 1 is 0.520 bits per heavy atom. The predicted molar refractivity (Wildman–Crippen MR) is 384 cm³/mol. The maximum Gasteiger partial charge on any atom is 0.407 e. The van der Waals surface area contributed by atoms with Gasteiger partial charge in [-0.2, -0.15) is 0 Å². The van der Waals surface area contributed by atoms with Gasteiger partial charge in [-0.25, -0.2) is 24.0 Å². The van der Waals surface area contributed by atoms with E-state index in [0.29, 0.717) is 57.5 Å². The lowest BCUT2D eigenvalue weighted by Crippen LogP contribution is -2.61. The number of aliphatic carboxylic acids is 1. The SMILES string of the molecule is CC(C)NC(=O)OC[C@@H](NC(=O)N[C@H](C(=O)N1C[C@H]2[C@@H]([C@H]1C(=O)NC(CC1CCC1)C(O)C(N)=O)C2(C)C)C1Cc2ccccc2C1)C(C)C.CC(C)NC(=O)OC[C@@H](NC(=O)N[C@H](C(=O)N1C[C@H]2[C@@H]([C@H]1C(=O)O)C2(C)C)C1Cc2ccccc2C1)C(C)C.Cl.NC(=O)C(O)C(N)CC1CCC1. The molecule has 0 bridgehead atoms. The number of carboxylic acid groups (broad SMARTS) is 1. The van der Waals surface area contributed by atoms with Crippen molar-refractivity contribution < 1.29 is 72.7 Å². The molecule has 27 nitrogen and oxygen atoms in total. The summed E-state index contributed by atoms with van der Waals surface area (Å²) in [5.74, 6) is -3.44. The quantitative estimate of drug-likeness (QED) is 0.0571. The van der Waals surface area contributed by atoms with Crippen LogP contribution in [-0.2, 0) is 63.9 Å². The minimum Gasteiger partial charge on any atom is -0.480 e. The number of carbonyl (C=O) groups is 10. The lowest BCUT2D eigenvalue weighted by atomic mass is 9.79. The van der Waals surface area contributed by atoms with Crippen LogP contribution in [0.25, 0.3) is 0 Å². The van der Waals surface area contributed by atoms with E-state index in [0.717, 1.165) is 41.5 Å². The van der Waals surface area contributed by atoms with E-state index < -0.39 is 108 Å². The number of nitrogens with zero attached hydrogens (tertiary/aromatic N) is 2. The number of hydrogen-bond acceptors (Lipinski definition) is 15. The monoisotopic (exact) mass is 1450 g/mol. The zero-order valence-electron chi connectivity index (χ0n) is 61.4. The van der Waals surface area contributed by atoms with Gasteiger partial charge < -0.3 is 89.0 Å². The number of aliphatic hydroxyl groups is 2. The van der Waals surface area contributed by atoms with E-state index in [1.807, 2.05) is 118 Å². The lowest BCUT2D eigenvalue weighted by Gasteiger charge is -2.37. The molecule has 11 amide bonds. The molecule has 16 N–H and O–H groups in total. The molecule has 28 heteroatoms. The molecule has 8 aliphatic rings. The number of piperidine rings is 2. The molecule has 2 aromatic rings. The van der Waals surface area contributed by atoms with Crippen LogP contribution in [0.4, 0.5) is 19.2 Å². The summed E-state index contributed by atoms with van der Waals surface area (Å²) in [4.78, 5) is 132. The highest BCUT2D eigenvalue weighted by Gasteiger charge is 2.71. The number of likely N-dealkylation sites (tertiary alicyclic amines) is 2. The second-order valence-electron chi connectivity index (χ2n) is 32.2. The molecular formula is C74H115ClN12O15. The fourth-order valence-corrected chi connectivity index (χ4v) is 16.0. The number of hydrogen-bond donors (Lipinski definition) is 13. The number of urea groups is 2. The fraction of sp³-hybridized carbons (Fsp3) is 0.703. The zero-order valence-corrected chi connectivity index (χ0v) is 62.2. The number of halogens is 1. The Kier molecular flexibility index (Phi) is 28.0. The van der Waals surface area contributed by atoms with E-state index in [9.17, 15) is 58.2 Å². The molecule has 0 spiro atoms. The van der Waals surface area contributed by atoms with Crippen LogP contribution in [0, 0.1) is 70.0 Å². The molecule has 4 unspecified atom stereocenters. The minimum absolute atomic E-state index is 0. The molecular weight excluding hydrogens is 1330 g/mol. The number of rotatable bonds is 27. The number of carboxylic acids is 1. The smallest absolute Gasteiger partial charge is 0.407 e. The summed E-state index contributed by atoms with van der Waals surface area (Å²) in [7, 11) is 0. The normalized spacial score (nSPS) is 24.1. The third kappa shape index (κ3) is 20.1. The highest BCUT2D eigenvalue weighted by Crippen LogP contribution is 2.66. The van der Waals surface area contributed by atoms with Gasteiger partial charge in [-0.15, -0.1) is 12.4 Å². The standard InChI is InChI=1S/C37H56N6O7.C29H42N4O6.C8H16N2O2.ClH/c1-19(2)27(18-50-36(49)39-20(3)4)41-35(48)42-29(24-15-22-12-7-8-13-23(22)16-24)34(47)43-17-25-28(37(25,5)6)30(43)33(46)40-26(31(44)32(38)45)14-21-10-9-11-21;1-15(2)21(14-39-28(38)30-16(3)4)31-27(37)32-23(19-11-17-9-7-8-10-18(17)12-19)25(34)33-13-20-22(29(20,5)6)24(33)26(35)36;9-6(7(11)8(10)12)4-5-2-1-3-5;/h7-8,12-13,19-21,24-31,44H,9-11,14-18H2,1-6H3,(H2,38,45)(H,39,49)(H,40,46)(H2,41,42,48);7-10,15-16,19-24H,11-14H2,1-6H3,(H,30,38)(H,35,36)(H2,31,32,37);5-7,11H,1-4,9H2,(H2,10,12);1H/t25-,26?,27+,28-,29-,30-,31?;20-,21+,22-,23-,24-;;/m00../s1. The van der Waals surface area contributed by atoms with Crippen molar-refractivity contribution in [2.45, 2.75) is 233 Å². The number of amides is 11. The van der Waals surface area contributed by atoms with Gasteiger partial charge in [0.25, 0.3) is 0 Å². The van der Waals surface area contributed by atoms with Crippen molar-refractivity contribution in [3.63, 3.8) is 0 Å². The Labute approximate surface area is 606 Å². The molecule has 2 heterocycles. The summed E-state index contributed by atoms with van der Waals surface area (Å²) in [5.41, 5.74) is 20.1. The highest BCUT2D eigenvalue weighted by molar-refractivity contribution is 5.95. The summed E-state index contributed by atoms with van der Waals surface area (Å²) >= 11 is 0. The maximum absolute atomic E-state index is 14.7. The molecule has 14 atom stereocenters. The third-order valence-electron chi connectivity index (χ3n) is 22.9. The first-order chi connectivity index (χ1) is 47.5. The van der Waals surface area contributed by atoms with Gasteiger partial charge in [0, 0.05) is 37.1 Å². The average Bonchev–Trinajstić information content (AvgIpc) is 1.53. The maximum atomic E-state index is 14.7. The third-order valence-corrected chi connectivity index (χ3v) is 22.9. The molecule has 6 aliphatic carbocycles. The Bertz CT molecular complexity index is 3260. The lowest BCUT2D eigenvalue weighted by molar-refractivity contribution is -0.151. The molecule has 4 saturated carbocycles. The van der Waals surface area contributed by atoms with Crippen LogP contribution in [0.2, 0.25) is 0 Å². The number of aliphatic hydroxyl groups excluding tert-OH is 2. The van der Waals surface area contributed by atoms with E-state index in [2.05, 4.69) is 51.1 Å². The van der Waals surface area contributed by atoms with Crippen LogP contribution in [0.5, 0.6) is 0 Å². The Balaban J connectivity index is 0.000000248. The highest BCUT2D eigenvalue weighted by atomic mass is 35.5. The van der Waals surface area contributed by atoms with Crippen molar-refractivity contribution in [3.8, 4) is 0 Å². The fourth-order valence-electron chi connectivity index (χ4n) is 16.0. The Morgan fingerprint density at radius 2 is 0.882 bits per heavy atom. The molecule has 6 fully saturated rings. The number of primary amides is 2. The topological polar surface area (TPSA) is 419 Å². The Hall–Kier alpha value is -7.49. The summed E-state index contributed by atoms with van der Waals surface area (Å²) < 4.78 is 10.7. The average molecular weight is 1450 g/mol. The summed E-state index contributed by atoms with van der Waals surface area (Å²) in [5, 5.41) is 49.8. The van der Waals surface area contributed by atoms with Crippen LogP contribution in [-0.4, -0.2) is 184 Å². The van der Waals surface area contributed by atoms with Crippen molar-refractivity contribution in [1.29, 1.82) is 0 Å². The summed E-state index contributed by atoms with van der Waals surface area (Å²) in [6, 6.07) is 8.73. The van der Waals surface area contributed by atoms with Gasteiger partial charge in [-0.05, 0) is 153 Å². The number of alkyl carbamates (subject to hydrolysis) is 2. The van der Waals surface area contributed by atoms with Crippen LogP contribution >= 0.6 is 12.4 Å². The molecule has 2 saturated heterocycles. The minimum atomic E-state index is -1.54. The van der Waals surface area contributed by atoms with E-state index in [1.165, 1.54) is 24.2 Å². The molecule has 102 heavy (non-hydrogen) atoms. The van der Waals surface area contributed by atoms with Gasteiger partial charge in [0.1, 0.15) is 43.5 Å². The van der Waals surface area contributed by atoms with Crippen LogP contribution in [0.1, 0.15) is 157 Å². The number of ether oxygens (including phenoxy) is 2. The van der Waals surface area contributed by atoms with E-state index >= 15 is 0 Å². The predicted octanol–water partition coefficient (Wildman–Crippen LogP) is 4.80. The first kappa shape index (κ1) is 81.8. The first-order valence-corrected chi connectivity index (χ1v) is 36.5. The molecule has 0 aromatic heterocycles. The van der Waals surface area contributed by atoms with Crippen molar-refractivity contribution in [1.82, 2.24) is 47.0 Å². The van der Waals surface area contributed by atoms with Gasteiger partial charge in [0.15, 0.2) is 6.10 Å². The van der Waals surface area contributed by atoms with Crippen LogP contribution < -0.4 is 54.4 Å². The largest absolute Gasteiger partial charge is 0.480 e. The van der Waals surface area contributed by atoms with Crippen molar-refractivity contribution in [3.05, 3.63) is 70.8 Å². The molecule has 568 valence electrons. The van der Waals surface area contributed by atoms with Gasteiger partial charge in [-0.3, -0.25) is 24.0 Å². The van der Waals surface area contributed by atoms with Crippen molar-refractivity contribution in [2.75, 3.05) is 26.3 Å². The zero-order chi connectivity index (χ0) is 74.3. The molecule has 2 aliphatic heterocycles. The van der Waals surface area contributed by atoms with Gasteiger partial charge in [0.05, 0.1) is 18.1 Å². The van der Waals surface area contributed by atoms with Crippen molar-refractivity contribution in [2.24, 2.45) is 87.2 Å². The van der Waals surface area contributed by atoms with E-state index in [4.69, 9.17) is 31.8 Å². The number of fused-ring (bicyclic) bond motifs is 4. The van der Waals surface area contributed by atoms with Crippen molar-refractivity contribution >= 4 is 72.2 Å². The molecule has 0 radical (unpaired) electrons. The summed E-state index contributed by atoms with van der Waals surface area (Å²) in [6.45, 7) is 23.8. The number of nitrogens with two attached hydrogens (primary N) is 3. The van der Waals surface area contributed by atoms with Crippen LogP contribution in [0.3, 0.4) is 0 Å². The number of carbonyl (C=O) groups excluding carboxylic acids is 9. The van der Waals surface area contributed by atoms with E-state index in [-0.39, 0.29) is 114 Å². The first-order valence-electron chi connectivity index (χ1n) is 36.5. The van der Waals surface area contributed by atoms with E-state index in [1.54, 1.807) is 4.90 Å². The van der Waals surface area contributed by atoms with Gasteiger partial charge in [-0.1, -0.05) is 142 Å². The Morgan fingerprint density at radius 3 is 1.22 bits per heavy atom. The second kappa shape index (κ2) is 34.9. The molecule has 10 rings (SSSR count). The van der Waals surface area contributed by atoms with Gasteiger partial charge >= 0.3 is 30.2 Å². The van der Waals surface area contributed by atoms with Crippen LogP contribution in [0.15, 0.2) is 48.5 Å².